The van der Waals surface area contributed by atoms with Gasteiger partial charge in [0.15, 0.2) is 0 Å². The summed E-state index contributed by atoms with van der Waals surface area (Å²) in [6.07, 6.45) is 0. The molecule has 0 saturated carbocycles. The van der Waals surface area contributed by atoms with Crippen LogP contribution >= 0.6 is 0 Å². The monoisotopic (exact) mass is 536 g/mol. The largest absolute Gasteiger partial charge is 0.478 e. The van der Waals surface area contributed by atoms with Gasteiger partial charge in [-0.25, -0.2) is 9.59 Å². The molecule has 0 unspecified atom stereocenters. The zero-order valence-corrected chi connectivity index (χ0v) is 23.0. The van der Waals surface area contributed by atoms with Crippen LogP contribution in [0.4, 0.5) is 0 Å². The summed E-state index contributed by atoms with van der Waals surface area (Å²) in [6.45, 7) is 10.9. The Bertz CT molecular complexity index is 1150. The average Bonchev–Trinajstić information content (AvgIpc) is 2.91. The highest BCUT2D eigenvalue weighted by Crippen LogP contribution is 2.36. The van der Waals surface area contributed by atoms with E-state index in [-0.39, 0.29) is 24.3 Å². The minimum atomic E-state index is -1.13. The molecule has 8 heteroatoms. The third-order valence-electron chi connectivity index (χ3n) is 5.81. The zero-order valence-electron chi connectivity index (χ0n) is 23.0. The normalized spacial score (nSPS) is 10.8. The molecule has 0 aliphatic carbocycles. The van der Waals surface area contributed by atoms with Crippen molar-refractivity contribution in [2.75, 3.05) is 52.9 Å². The van der Waals surface area contributed by atoms with E-state index >= 15 is 0 Å². The molecule has 0 aromatic heterocycles. The highest BCUT2D eigenvalue weighted by Gasteiger charge is 2.32. The van der Waals surface area contributed by atoms with Gasteiger partial charge in [0, 0.05) is 29.8 Å². The molecule has 8 nitrogen and oxygen atoms in total. The Kier molecular flexibility index (Phi) is 13.2. The maximum Gasteiger partial charge on any atom is 0.336 e. The van der Waals surface area contributed by atoms with Gasteiger partial charge >= 0.3 is 11.9 Å². The van der Waals surface area contributed by atoms with Crippen molar-refractivity contribution in [3.63, 3.8) is 0 Å². The zero-order chi connectivity index (χ0) is 28.7. The lowest BCUT2D eigenvalue weighted by atomic mass is 9.73. The molecule has 0 aliphatic rings. The van der Waals surface area contributed by atoms with Gasteiger partial charge in [-0.05, 0) is 49.2 Å². The smallest absolute Gasteiger partial charge is 0.336 e. The highest BCUT2D eigenvalue weighted by molar-refractivity contribution is 5.93. The van der Waals surface area contributed by atoms with E-state index in [0.717, 1.165) is 0 Å². The number of carbonyl (C=O) groups is 2. The standard InChI is InChI=1S/C31H36O8/c1-5-36-17-19-38-15-7-9-23-11-13-27(25(21-23)29(32)33)31(3,4)28-14-12-24(22-26(28)30(34)35)10-8-16-39-20-18-37-6-2/h11-14,21-22H,5-6,15-20H2,1-4H3,(H,32,33)(H,34,35). The van der Waals surface area contributed by atoms with Crippen LogP contribution in [-0.2, 0) is 24.4 Å². The van der Waals surface area contributed by atoms with E-state index in [1.54, 1.807) is 38.1 Å². The topological polar surface area (TPSA) is 112 Å². The molecule has 2 aromatic carbocycles. The van der Waals surface area contributed by atoms with Crippen LogP contribution in [-0.4, -0.2) is 75.0 Å². The second-order valence-electron chi connectivity index (χ2n) is 8.86. The minimum absolute atomic E-state index is 0.0495. The number of ether oxygens (including phenoxy) is 4. The molecule has 0 heterocycles. The van der Waals surface area contributed by atoms with Crippen molar-refractivity contribution in [3.8, 4) is 23.7 Å². The molecule has 0 radical (unpaired) electrons. The number of aromatic carboxylic acids is 2. The SMILES string of the molecule is CCOCCOCC#Cc1ccc(C(C)(C)c2ccc(C#CCOCCOCC)cc2C(=O)O)c(C(=O)O)c1. The Hall–Kier alpha value is -3.66. The van der Waals surface area contributed by atoms with Gasteiger partial charge in [-0.1, -0.05) is 49.7 Å². The van der Waals surface area contributed by atoms with E-state index in [0.29, 0.717) is 61.9 Å². The van der Waals surface area contributed by atoms with Crippen molar-refractivity contribution in [1.29, 1.82) is 0 Å². The maximum atomic E-state index is 12.2. The van der Waals surface area contributed by atoms with E-state index in [4.69, 9.17) is 18.9 Å². The van der Waals surface area contributed by atoms with Crippen LogP contribution in [0.5, 0.6) is 0 Å². The Morgan fingerprint density at radius 2 is 1.08 bits per heavy atom. The van der Waals surface area contributed by atoms with Crippen molar-refractivity contribution in [1.82, 2.24) is 0 Å². The number of hydrogen-bond acceptors (Lipinski definition) is 6. The first-order chi connectivity index (χ1) is 18.7. The first-order valence-electron chi connectivity index (χ1n) is 12.8. The second kappa shape index (κ2) is 16.3. The maximum absolute atomic E-state index is 12.2. The number of rotatable bonds is 14. The van der Waals surface area contributed by atoms with Crippen LogP contribution in [0.1, 0.15) is 70.7 Å². The fourth-order valence-electron chi connectivity index (χ4n) is 3.88. The predicted molar refractivity (Wildman–Crippen MR) is 147 cm³/mol. The minimum Gasteiger partial charge on any atom is -0.478 e. The summed E-state index contributed by atoms with van der Waals surface area (Å²) in [6, 6.07) is 9.81. The van der Waals surface area contributed by atoms with Gasteiger partial charge < -0.3 is 29.2 Å². The molecule has 0 fully saturated rings. The Balaban J connectivity index is 2.28. The molecule has 0 spiro atoms. The van der Waals surface area contributed by atoms with Crippen LogP contribution in [0, 0.1) is 23.7 Å². The highest BCUT2D eigenvalue weighted by atomic mass is 16.5. The molecule has 208 valence electrons. The van der Waals surface area contributed by atoms with Crippen molar-refractivity contribution >= 4 is 11.9 Å². The third kappa shape index (κ3) is 9.86. The molecule has 0 bridgehead atoms. The first kappa shape index (κ1) is 31.6. The van der Waals surface area contributed by atoms with Gasteiger partial charge in [0.05, 0.1) is 37.6 Å². The summed E-state index contributed by atoms with van der Waals surface area (Å²) in [7, 11) is 0. The fourth-order valence-corrected chi connectivity index (χ4v) is 3.88. The number of carboxylic acid groups (broad SMARTS) is 2. The van der Waals surface area contributed by atoms with Gasteiger partial charge in [0.1, 0.15) is 13.2 Å². The molecular formula is C31H36O8. The molecule has 0 saturated heterocycles. The molecule has 0 atom stereocenters. The lowest BCUT2D eigenvalue weighted by Gasteiger charge is -2.29. The summed E-state index contributed by atoms with van der Waals surface area (Å²) >= 11 is 0. The van der Waals surface area contributed by atoms with Crippen molar-refractivity contribution in [3.05, 3.63) is 69.8 Å². The van der Waals surface area contributed by atoms with Crippen molar-refractivity contribution in [2.45, 2.75) is 33.1 Å². The van der Waals surface area contributed by atoms with Gasteiger partial charge in [0.2, 0.25) is 0 Å². The van der Waals surface area contributed by atoms with Crippen molar-refractivity contribution < 1.29 is 38.7 Å². The summed E-state index contributed by atoms with van der Waals surface area (Å²) in [4.78, 5) is 24.4. The van der Waals surface area contributed by atoms with Crippen LogP contribution in [0.15, 0.2) is 36.4 Å². The summed E-state index contributed by atoms with van der Waals surface area (Å²) in [5, 5.41) is 19.9. The van der Waals surface area contributed by atoms with E-state index in [2.05, 4.69) is 23.7 Å². The summed E-state index contributed by atoms with van der Waals surface area (Å²) in [5.41, 5.74) is 1.14. The van der Waals surface area contributed by atoms with Gasteiger partial charge in [0.25, 0.3) is 0 Å². The molecular weight excluding hydrogens is 500 g/mol. The lowest BCUT2D eigenvalue weighted by Crippen LogP contribution is -2.25. The Morgan fingerprint density at radius 1 is 0.692 bits per heavy atom. The predicted octanol–water partition coefficient (Wildman–Crippen LogP) is 4.22. The molecule has 2 rings (SSSR count). The molecule has 0 aliphatic heterocycles. The van der Waals surface area contributed by atoms with Crippen molar-refractivity contribution in [2.24, 2.45) is 0 Å². The number of benzene rings is 2. The second-order valence-corrected chi connectivity index (χ2v) is 8.86. The van der Waals surface area contributed by atoms with Gasteiger partial charge in [-0.2, -0.15) is 0 Å². The van der Waals surface area contributed by atoms with E-state index in [1.807, 2.05) is 13.8 Å². The number of carboxylic acids is 2. The molecule has 2 aromatic rings. The van der Waals surface area contributed by atoms with E-state index < -0.39 is 17.4 Å². The fraction of sp³-hybridized carbons (Fsp3) is 0.419. The molecule has 2 N–H and O–H groups in total. The van der Waals surface area contributed by atoms with E-state index in [1.165, 1.54) is 12.1 Å². The molecule has 39 heavy (non-hydrogen) atoms. The Morgan fingerprint density at radius 3 is 1.44 bits per heavy atom. The van der Waals surface area contributed by atoms with Gasteiger partial charge in [-0.15, -0.1) is 0 Å². The van der Waals surface area contributed by atoms with Crippen LogP contribution in [0.3, 0.4) is 0 Å². The lowest BCUT2D eigenvalue weighted by molar-refractivity contribution is 0.0662. The molecule has 0 amide bonds. The summed E-state index contributed by atoms with van der Waals surface area (Å²) in [5.74, 6) is 9.33. The van der Waals surface area contributed by atoms with E-state index in [9.17, 15) is 19.8 Å². The van der Waals surface area contributed by atoms with Crippen LogP contribution in [0.25, 0.3) is 0 Å². The van der Waals surface area contributed by atoms with Crippen LogP contribution in [0.2, 0.25) is 0 Å². The van der Waals surface area contributed by atoms with Crippen LogP contribution < -0.4 is 0 Å². The average molecular weight is 537 g/mol. The Labute approximate surface area is 230 Å². The first-order valence-corrected chi connectivity index (χ1v) is 12.8. The van der Waals surface area contributed by atoms with Gasteiger partial charge in [-0.3, -0.25) is 0 Å². The quantitative estimate of drug-likeness (QED) is 0.273. The third-order valence-corrected chi connectivity index (χ3v) is 5.81. The summed E-state index contributed by atoms with van der Waals surface area (Å²) < 4.78 is 21.1. The number of hydrogen-bond donors (Lipinski definition) is 2.